The van der Waals surface area contributed by atoms with Gasteiger partial charge in [0.1, 0.15) is 5.75 Å². The Labute approximate surface area is 93.6 Å². The van der Waals surface area contributed by atoms with Gasteiger partial charge in [-0.05, 0) is 37.5 Å². The molecule has 90 valence electrons. The van der Waals surface area contributed by atoms with Crippen LogP contribution in [0.3, 0.4) is 0 Å². The fourth-order valence-corrected chi connectivity index (χ4v) is 1.30. The van der Waals surface area contributed by atoms with E-state index in [1.807, 2.05) is 6.92 Å². The molecule has 1 aromatic carbocycles. The first-order valence-electron chi connectivity index (χ1n) is 5.11. The van der Waals surface area contributed by atoms with E-state index in [1.54, 1.807) is 24.3 Å². The van der Waals surface area contributed by atoms with Crippen LogP contribution in [0.15, 0.2) is 24.3 Å². The summed E-state index contributed by atoms with van der Waals surface area (Å²) in [7, 11) is 0. The van der Waals surface area contributed by atoms with Gasteiger partial charge in [0.25, 0.3) is 0 Å². The Morgan fingerprint density at radius 1 is 1.31 bits per heavy atom. The van der Waals surface area contributed by atoms with Crippen molar-refractivity contribution in [2.24, 2.45) is 5.84 Å². The van der Waals surface area contributed by atoms with Gasteiger partial charge >= 0.3 is 6.61 Å². The van der Waals surface area contributed by atoms with Gasteiger partial charge in [-0.1, -0.05) is 12.1 Å². The van der Waals surface area contributed by atoms with Gasteiger partial charge in [0, 0.05) is 6.04 Å². The number of hydrazine groups is 1. The SMILES string of the molecule is C[C@H](CCc1ccc(OC(F)F)cc1)NN. The zero-order valence-corrected chi connectivity index (χ0v) is 9.12. The number of benzene rings is 1. The molecule has 0 amide bonds. The van der Waals surface area contributed by atoms with Crippen molar-refractivity contribution in [3.8, 4) is 5.75 Å². The second kappa shape index (κ2) is 6.40. The maximum absolute atomic E-state index is 11.9. The lowest BCUT2D eigenvalue weighted by Gasteiger charge is -2.10. The molecule has 0 saturated carbocycles. The minimum Gasteiger partial charge on any atom is -0.435 e. The van der Waals surface area contributed by atoms with Gasteiger partial charge in [0.15, 0.2) is 0 Å². The highest BCUT2D eigenvalue weighted by atomic mass is 19.3. The molecular weight excluding hydrogens is 214 g/mol. The van der Waals surface area contributed by atoms with Crippen molar-refractivity contribution in [2.75, 3.05) is 0 Å². The van der Waals surface area contributed by atoms with Gasteiger partial charge in [-0.3, -0.25) is 11.3 Å². The van der Waals surface area contributed by atoms with Gasteiger partial charge in [0.05, 0.1) is 0 Å². The Morgan fingerprint density at radius 2 is 1.94 bits per heavy atom. The molecule has 0 aliphatic heterocycles. The lowest BCUT2D eigenvalue weighted by Crippen LogP contribution is -2.32. The third-order valence-electron chi connectivity index (χ3n) is 2.30. The zero-order chi connectivity index (χ0) is 12.0. The molecule has 1 rings (SSSR count). The van der Waals surface area contributed by atoms with E-state index in [9.17, 15) is 8.78 Å². The highest BCUT2D eigenvalue weighted by Crippen LogP contribution is 2.15. The van der Waals surface area contributed by atoms with Crippen LogP contribution in [-0.4, -0.2) is 12.7 Å². The van der Waals surface area contributed by atoms with Crippen molar-refractivity contribution in [1.82, 2.24) is 5.43 Å². The van der Waals surface area contributed by atoms with Crippen molar-refractivity contribution in [2.45, 2.75) is 32.4 Å². The van der Waals surface area contributed by atoms with E-state index in [1.165, 1.54) is 0 Å². The van der Waals surface area contributed by atoms with E-state index >= 15 is 0 Å². The second-order valence-electron chi connectivity index (χ2n) is 3.63. The number of ether oxygens (including phenoxy) is 1. The van der Waals surface area contributed by atoms with E-state index < -0.39 is 6.61 Å². The number of nitrogens with one attached hydrogen (secondary N) is 1. The fraction of sp³-hybridized carbons (Fsp3) is 0.455. The molecule has 0 aromatic heterocycles. The molecule has 1 aromatic rings. The number of hydrogen-bond donors (Lipinski definition) is 2. The predicted octanol–water partition coefficient (Wildman–Crippen LogP) is 2.07. The summed E-state index contributed by atoms with van der Waals surface area (Å²) in [5.74, 6) is 5.45. The molecule has 0 bridgehead atoms. The van der Waals surface area contributed by atoms with Crippen LogP contribution in [0, 0.1) is 0 Å². The topological polar surface area (TPSA) is 47.3 Å². The summed E-state index contributed by atoms with van der Waals surface area (Å²) >= 11 is 0. The number of hydrogen-bond acceptors (Lipinski definition) is 3. The van der Waals surface area contributed by atoms with E-state index in [0.717, 1.165) is 18.4 Å². The maximum Gasteiger partial charge on any atom is 0.387 e. The molecule has 0 fully saturated rings. The summed E-state index contributed by atoms with van der Waals surface area (Å²) < 4.78 is 28.0. The Morgan fingerprint density at radius 3 is 2.44 bits per heavy atom. The van der Waals surface area contributed by atoms with Crippen molar-refractivity contribution >= 4 is 0 Å². The molecule has 0 unspecified atom stereocenters. The first-order valence-corrected chi connectivity index (χ1v) is 5.11. The standard InChI is InChI=1S/C11H16F2N2O/c1-8(15-14)2-3-9-4-6-10(7-5-9)16-11(12)13/h4-8,11,15H,2-3,14H2,1H3/t8-/m1/s1. The first kappa shape index (κ1) is 12.9. The van der Waals surface area contributed by atoms with Crippen LogP contribution in [0.4, 0.5) is 8.78 Å². The van der Waals surface area contributed by atoms with Crippen LogP contribution in [-0.2, 0) is 6.42 Å². The van der Waals surface area contributed by atoms with Crippen LogP contribution < -0.4 is 16.0 Å². The summed E-state index contributed by atoms with van der Waals surface area (Å²) in [5, 5.41) is 0. The Balaban J connectivity index is 2.45. The monoisotopic (exact) mass is 230 g/mol. The smallest absolute Gasteiger partial charge is 0.387 e. The summed E-state index contributed by atoms with van der Waals surface area (Å²) in [6.07, 6.45) is 1.74. The average Bonchev–Trinajstić information content (AvgIpc) is 2.27. The van der Waals surface area contributed by atoms with Crippen LogP contribution in [0.25, 0.3) is 0 Å². The number of nitrogens with two attached hydrogens (primary N) is 1. The van der Waals surface area contributed by atoms with E-state index in [0.29, 0.717) is 0 Å². The molecule has 0 spiro atoms. The van der Waals surface area contributed by atoms with Gasteiger partial charge in [-0.2, -0.15) is 8.78 Å². The molecular formula is C11H16F2N2O. The molecule has 0 aliphatic carbocycles. The van der Waals surface area contributed by atoms with Crippen molar-refractivity contribution < 1.29 is 13.5 Å². The molecule has 0 radical (unpaired) electrons. The summed E-state index contributed by atoms with van der Waals surface area (Å²) in [6.45, 7) is -0.791. The highest BCUT2D eigenvalue weighted by molar-refractivity contribution is 5.27. The minimum absolute atomic E-state index is 0.184. The van der Waals surface area contributed by atoms with Crippen molar-refractivity contribution in [3.63, 3.8) is 0 Å². The second-order valence-corrected chi connectivity index (χ2v) is 3.63. The molecule has 0 saturated heterocycles. The summed E-state index contributed by atoms with van der Waals surface area (Å²) in [6, 6.07) is 6.88. The molecule has 16 heavy (non-hydrogen) atoms. The zero-order valence-electron chi connectivity index (χ0n) is 9.12. The Hall–Kier alpha value is -1.20. The molecule has 3 nitrogen and oxygen atoms in total. The number of rotatable bonds is 6. The molecule has 3 N–H and O–H groups in total. The quantitative estimate of drug-likeness (QED) is 0.581. The Kier molecular flexibility index (Phi) is 5.14. The van der Waals surface area contributed by atoms with Crippen LogP contribution in [0.2, 0.25) is 0 Å². The normalized spacial score (nSPS) is 12.8. The lowest BCUT2D eigenvalue weighted by atomic mass is 10.1. The molecule has 5 heteroatoms. The van der Waals surface area contributed by atoms with E-state index in [2.05, 4.69) is 10.2 Å². The van der Waals surface area contributed by atoms with Crippen LogP contribution >= 0.6 is 0 Å². The van der Waals surface area contributed by atoms with E-state index in [4.69, 9.17) is 5.84 Å². The third-order valence-corrected chi connectivity index (χ3v) is 2.30. The third kappa shape index (κ3) is 4.55. The highest BCUT2D eigenvalue weighted by Gasteiger charge is 2.04. The van der Waals surface area contributed by atoms with Crippen molar-refractivity contribution in [3.05, 3.63) is 29.8 Å². The van der Waals surface area contributed by atoms with Crippen LogP contribution in [0.5, 0.6) is 5.75 Å². The Bertz CT molecular complexity index is 303. The summed E-state index contributed by atoms with van der Waals surface area (Å²) in [5.41, 5.74) is 3.72. The fourth-order valence-electron chi connectivity index (χ4n) is 1.30. The number of halogens is 2. The van der Waals surface area contributed by atoms with Crippen LogP contribution in [0.1, 0.15) is 18.9 Å². The van der Waals surface area contributed by atoms with Gasteiger partial charge < -0.3 is 4.74 Å². The van der Waals surface area contributed by atoms with Crippen molar-refractivity contribution in [1.29, 1.82) is 0 Å². The first-order chi connectivity index (χ1) is 7.61. The van der Waals surface area contributed by atoms with Gasteiger partial charge in [-0.15, -0.1) is 0 Å². The number of alkyl halides is 2. The maximum atomic E-state index is 11.9. The predicted molar refractivity (Wildman–Crippen MR) is 58.2 cm³/mol. The van der Waals surface area contributed by atoms with Gasteiger partial charge in [0.2, 0.25) is 0 Å². The average molecular weight is 230 g/mol. The largest absolute Gasteiger partial charge is 0.435 e. The summed E-state index contributed by atoms with van der Waals surface area (Å²) in [4.78, 5) is 0. The molecule has 0 aliphatic rings. The number of aryl methyl sites for hydroxylation is 1. The lowest BCUT2D eigenvalue weighted by molar-refractivity contribution is -0.0498. The molecule has 0 heterocycles. The van der Waals surface area contributed by atoms with Gasteiger partial charge in [-0.25, -0.2) is 0 Å². The van der Waals surface area contributed by atoms with E-state index in [-0.39, 0.29) is 11.8 Å². The minimum atomic E-state index is -2.77. The molecule has 1 atom stereocenters.